The molecule has 1 aromatic carbocycles. The molecule has 0 aliphatic rings. The Labute approximate surface area is 85.2 Å². The van der Waals surface area contributed by atoms with Crippen LogP contribution in [0.3, 0.4) is 0 Å². The van der Waals surface area contributed by atoms with Gasteiger partial charge in [-0.2, -0.15) is 6.07 Å². The number of hydrogen-bond donors (Lipinski definition) is 2. The number of nitrogen functional groups attached to an aromatic ring is 2. The van der Waals surface area contributed by atoms with E-state index in [1.165, 1.54) is 0 Å². The van der Waals surface area contributed by atoms with E-state index in [0.29, 0.717) is 5.69 Å². The van der Waals surface area contributed by atoms with E-state index in [9.17, 15) is 0 Å². The topological polar surface area (TPSA) is 52.0 Å². The molecule has 12 heavy (non-hydrogen) atoms. The first-order valence-electron chi connectivity index (χ1n) is 3.58. The molecular formula is C9H13N2V-. The van der Waals surface area contributed by atoms with Gasteiger partial charge < -0.3 is 11.5 Å². The third kappa shape index (κ3) is 1.76. The fourth-order valence-electron chi connectivity index (χ4n) is 1.05. The van der Waals surface area contributed by atoms with Gasteiger partial charge in [0.1, 0.15) is 0 Å². The maximum Gasteiger partial charge on any atom is 0 e. The molecule has 1 aromatic rings. The fraction of sp³-hybridized carbons (Fsp3) is 0.333. The van der Waals surface area contributed by atoms with Gasteiger partial charge in [0, 0.05) is 18.6 Å². The van der Waals surface area contributed by atoms with E-state index in [4.69, 9.17) is 11.5 Å². The van der Waals surface area contributed by atoms with Crippen molar-refractivity contribution in [2.45, 2.75) is 20.8 Å². The molecule has 65 valence electrons. The summed E-state index contributed by atoms with van der Waals surface area (Å²) in [5.41, 5.74) is 16.0. The van der Waals surface area contributed by atoms with Gasteiger partial charge in [0.05, 0.1) is 0 Å². The van der Waals surface area contributed by atoms with Crippen molar-refractivity contribution < 1.29 is 18.6 Å². The third-order valence-corrected chi connectivity index (χ3v) is 2.10. The number of anilines is 2. The summed E-state index contributed by atoms with van der Waals surface area (Å²) in [6.45, 7) is 5.84. The van der Waals surface area contributed by atoms with Crippen molar-refractivity contribution in [3.05, 3.63) is 22.8 Å². The second-order valence-electron chi connectivity index (χ2n) is 2.83. The van der Waals surface area contributed by atoms with Crippen molar-refractivity contribution in [3.8, 4) is 0 Å². The van der Waals surface area contributed by atoms with Crippen molar-refractivity contribution in [1.29, 1.82) is 0 Å². The van der Waals surface area contributed by atoms with Crippen LogP contribution in [0.15, 0.2) is 0 Å². The number of hydrogen-bond acceptors (Lipinski definition) is 2. The van der Waals surface area contributed by atoms with Crippen molar-refractivity contribution in [1.82, 2.24) is 0 Å². The Kier molecular flexibility index (Phi) is 3.69. The molecule has 0 saturated heterocycles. The van der Waals surface area contributed by atoms with Crippen LogP contribution in [0.4, 0.5) is 11.4 Å². The van der Waals surface area contributed by atoms with Gasteiger partial charge in [-0.3, -0.25) is 0 Å². The quantitative estimate of drug-likeness (QED) is 0.493. The average Bonchev–Trinajstić information content (AvgIpc) is 1.97. The Morgan fingerprint density at radius 2 is 1.50 bits per heavy atom. The van der Waals surface area contributed by atoms with E-state index >= 15 is 0 Å². The van der Waals surface area contributed by atoms with Crippen molar-refractivity contribution in [3.63, 3.8) is 0 Å². The molecule has 0 heterocycles. The molecule has 0 saturated carbocycles. The molecule has 0 fully saturated rings. The summed E-state index contributed by atoms with van der Waals surface area (Å²) in [6.07, 6.45) is 0. The van der Waals surface area contributed by atoms with Gasteiger partial charge in [0.15, 0.2) is 0 Å². The molecule has 1 rings (SSSR count). The number of rotatable bonds is 0. The van der Waals surface area contributed by atoms with E-state index in [-0.39, 0.29) is 18.6 Å². The van der Waals surface area contributed by atoms with Crippen LogP contribution in [0.25, 0.3) is 0 Å². The molecule has 0 unspecified atom stereocenters. The zero-order valence-electron chi connectivity index (χ0n) is 7.60. The molecule has 1 radical (unpaired) electrons. The molecular weight excluding hydrogens is 187 g/mol. The summed E-state index contributed by atoms with van der Waals surface area (Å²) >= 11 is 0. The first-order chi connectivity index (χ1) is 5.04. The summed E-state index contributed by atoms with van der Waals surface area (Å²) in [6, 6.07) is 3.00. The number of nitrogens with two attached hydrogens (primary N) is 2. The van der Waals surface area contributed by atoms with Gasteiger partial charge in [0.2, 0.25) is 0 Å². The molecule has 0 spiro atoms. The molecule has 2 nitrogen and oxygen atoms in total. The molecule has 0 aromatic heterocycles. The largest absolute Gasteiger partial charge is 0.449 e. The predicted molar refractivity (Wildman–Crippen MR) is 48.3 cm³/mol. The minimum Gasteiger partial charge on any atom is -0.449 e. The summed E-state index contributed by atoms with van der Waals surface area (Å²) in [5, 5.41) is 0. The van der Waals surface area contributed by atoms with Gasteiger partial charge in [-0.05, 0) is 0 Å². The summed E-state index contributed by atoms with van der Waals surface area (Å²) in [5.74, 6) is 0. The van der Waals surface area contributed by atoms with Crippen LogP contribution in [0.1, 0.15) is 16.7 Å². The van der Waals surface area contributed by atoms with E-state index in [1.807, 2.05) is 20.8 Å². The zero-order chi connectivity index (χ0) is 8.59. The summed E-state index contributed by atoms with van der Waals surface area (Å²) < 4.78 is 0. The molecule has 3 heteroatoms. The van der Waals surface area contributed by atoms with E-state index in [0.717, 1.165) is 22.4 Å². The number of aryl methyl sites for hydroxylation is 1. The van der Waals surface area contributed by atoms with Crippen LogP contribution in [-0.4, -0.2) is 0 Å². The maximum atomic E-state index is 5.76. The average molecular weight is 200 g/mol. The molecule has 0 aliphatic carbocycles. The van der Waals surface area contributed by atoms with Crippen LogP contribution in [-0.2, 0) is 18.6 Å². The third-order valence-electron chi connectivity index (χ3n) is 2.10. The van der Waals surface area contributed by atoms with Crippen molar-refractivity contribution >= 4 is 11.4 Å². The van der Waals surface area contributed by atoms with Crippen molar-refractivity contribution in [2.75, 3.05) is 11.5 Å². The van der Waals surface area contributed by atoms with Crippen LogP contribution < -0.4 is 11.5 Å². The Balaban J connectivity index is 0.00000121. The fourth-order valence-corrected chi connectivity index (χ4v) is 1.05. The summed E-state index contributed by atoms with van der Waals surface area (Å²) in [7, 11) is 0. The van der Waals surface area contributed by atoms with Gasteiger partial charge in [-0.25, -0.2) is 0 Å². The smallest absolute Gasteiger partial charge is 0 e. The Morgan fingerprint density at radius 3 is 2.00 bits per heavy atom. The van der Waals surface area contributed by atoms with Crippen LogP contribution in [0.5, 0.6) is 0 Å². The first kappa shape index (κ1) is 11.4. The Morgan fingerprint density at radius 1 is 1.00 bits per heavy atom. The SMILES string of the molecule is Cc1[c-]c(N)c(C)c(C)c1N.[V]. The minimum atomic E-state index is 0. The van der Waals surface area contributed by atoms with E-state index in [2.05, 4.69) is 6.07 Å². The minimum absolute atomic E-state index is 0. The molecule has 0 amide bonds. The molecule has 4 N–H and O–H groups in total. The molecule has 0 aliphatic heterocycles. The number of benzene rings is 1. The normalized spacial score (nSPS) is 9.25. The summed E-state index contributed by atoms with van der Waals surface area (Å²) in [4.78, 5) is 0. The van der Waals surface area contributed by atoms with Gasteiger partial charge in [-0.1, -0.05) is 32.1 Å². The second kappa shape index (κ2) is 3.88. The van der Waals surface area contributed by atoms with Crippen LogP contribution in [0, 0.1) is 26.8 Å². The van der Waals surface area contributed by atoms with Gasteiger partial charge in [-0.15, -0.1) is 16.7 Å². The molecule has 0 bridgehead atoms. The maximum absolute atomic E-state index is 5.76. The molecule has 0 atom stereocenters. The van der Waals surface area contributed by atoms with E-state index < -0.39 is 0 Å². The van der Waals surface area contributed by atoms with E-state index in [1.54, 1.807) is 0 Å². The van der Waals surface area contributed by atoms with Crippen molar-refractivity contribution in [2.24, 2.45) is 0 Å². The second-order valence-corrected chi connectivity index (χ2v) is 2.83. The van der Waals surface area contributed by atoms with Gasteiger partial charge in [0.25, 0.3) is 0 Å². The predicted octanol–water partition coefficient (Wildman–Crippen LogP) is 1.57. The Hall–Kier alpha value is -0.596. The monoisotopic (exact) mass is 200 g/mol. The van der Waals surface area contributed by atoms with Crippen LogP contribution >= 0.6 is 0 Å². The first-order valence-corrected chi connectivity index (χ1v) is 3.58. The Bertz CT molecular complexity index is 269. The standard InChI is InChI=1S/C9H13N2.V/c1-5-4-8(10)6(2)7(3)9(5)11;/h10-11H2,1-3H3;/q-1;. The van der Waals surface area contributed by atoms with Crippen LogP contribution in [0.2, 0.25) is 0 Å². The van der Waals surface area contributed by atoms with Gasteiger partial charge >= 0.3 is 0 Å². The zero-order valence-corrected chi connectivity index (χ0v) is 9.00.